The summed E-state index contributed by atoms with van der Waals surface area (Å²) in [4.78, 5) is 42.3. The van der Waals surface area contributed by atoms with Gasteiger partial charge in [-0.25, -0.2) is 0 Å². The number of hydrogen-bond donors (Lipinski definition) is 1. The molecule has 2 aromatic carbocycles. The zero-order chi connectivity index (χ0) is 27.1. The Hall–Kier alpha value is -3.01. The van der Waals surface area contributed by atoms with Crippen LogP contribution in [-0.4, -0.2) is 74.5 Å². The van der Waals surface area contributed by atoms with Crippen LogP contribution >= 0.6 is 0 Å². The van der Waals surface area contributed by atoms with Gasteiger partial charge in [-0.15, -0.1) is 0 Å². The molecule has 1 aliphatic heterocycles. The standard InChI is InChI=1S/C28H38N4O4Si/c1-18-23-25(28(35)31(4)27(23)34)20(16-29-22(33)12-13-30(2)3)24-19-10-8-9-11-21(19)32(26(18)24)17-36-14-15-37(5,6)7/h8-11H,12-17H2,1-7H3,(H,29,33). The monoisotopic (exact) mass is 522 g/mol. The summed E-state index contributed by atoms with van der Waals surface area (Å²) in [5, 5.41) is 4.88. The van der Waals surface area contributed by atoms with Gasteiger partial charge in [0.2, 0.25) is 5.91 Å². The largest absolute Gasteiger partial charge is 0.361 e. The van der Waals surface area contributed by atoms with Crippen LogP contribution in [0.15, 0.2) is 24.3 Å². The molecule has 0 fully saturated rings. The van der Waals surface area contributed by atoms with E-state index in [1.807, 2.05) is 50.2 Å². The molecule has 37 heavy (non-hydrogen) atoms. The second kappa shape index (κ2) is 10.4. The SMILES string of the molecule is Cc1c2c(c(CNC(=O)CCN(C)C)c3c4ccccc4n(COCC[Si](C)(C)C)c13)C(=O)N(C)C2=O. The van der Waals surface area contributed by atoms with E-state index in [1.54, 1.807) is 0 Å². The van der Waals surface area contributed by atoms with E-state index < -0.39 is 8.07 Å². The number of fused-ring (bicyclic) bond motifs is 4. The number of nitrogens with zero attached hydrogens (tertiary/aromatic N) is 3. The summed E-state index contributed by atoms with van der Waals surface area (Å²) in [5.74, 6) is -0.735. The van der Waals surface area contributed by atoms with Crippen LogP contribution in [0.5, 0.6) is 0 Å². The van der Waals surface area contributed by atoms with Gasteiger partial charge in [-0.1, -0.05) is 37.8 Å². The predicted molar refractivity (Wildman–Crippen MR) is 150 cm³/mol. The molecular formula is C28H38N4O4Si. The smallest absolute Gasteiger partial charge is 0.261 e. The van der Waals surface area contributed by atoms with Crippen LogP contribution < -0.4 is 5.32 Å². The van der Waals surface area contributed by atoms with Crippen LogP contribution in [0.3, 0.4) is 0 Å². The van der Waals surface area contributed by atoms with Crippen LogP contribution in [0.2, 0.25) is 25.7 Å². The zero-order valence-corrected chi connectivity index (χ0v) is 24.0. The maximum absolute atomic E-state index is 13.3. The summed E-state index contributed by atoms with van der Waals surface area (Å²) in [6, 6.07) is 9.08. The third-order valence-electron chi connectivity index (χ3n) is 7.06. The third-order valence-corrected chi connectivity index (χ3v) is 8.76. The highest BCUT2D eigenvalue weighted by Gasteiger charge is 2.39. The van der Waals surface area contributed by atoms with Crippen molar-refractivity contribution in [3.05, 3.63) is 46.5 Å². The van der Waals surface area contributed by atoms with Crippen molar-refractivity contribution >= 4 is 47.6 Å². The van der Waals surface area contributed by atoms with Crippen LogP contribution in [0.25, 0.3) is 21.8 Å². The number of nitrogens with one attached hydrogen (secondary N) is 1. The molecule has 3 aromatic rings. The average molecular weight is 523 g/mol. The highest BCUT2D eigenvalue weighted by atomic mass is 28.3. The van der Waals surface area contributed by atoms with Crippen molar-refractivity contribution in [2.24, 2.45) is 0 Å². The van der Waals surface area contributed by atoms with E-state index in [9.17, 15) is 14.4 Å². The molecule has 9 heteroatoms. The van der Waals surface area contributed by atoms with Gasteiger partial charge in [-0.05, 0) is 44.3 Å². The number of para-hydroxylation sites is 1. The molecular weight excluding hydrogens is 484 g/mol. The first-order valence-corrected chi connectivity index (χ1v) is 16.5. The molecule has 0 saturated carbocycles. The molecule has 0 spiro atoms. The first-order valence-electron chi connectivity index (χ1n) is 12.8. The molecule has 1 aliphatic rings. The van der Waals surface area contributed by atoms with Crippen LogP contribution in [0, 0.1) is 6.92 Å². The number of aryl methyl sites for hydroxylation is 1. The van der Waals surface area contributed by atoms with Crippen LogP contribution in [-0.2, 0) is 22.8 Å². The van der Waals surface area contributed by atoms with Crippen molar-refractivity contribution in [2.75, 3.05) is 34.3 Å². The Bertz CT molecular complexity index is 1390. The van der Waals surface area contributed by atoms with Crippen LogP contribution in [0.4, 0.5) is 0 Å². The molecule has 1 aromatic heterocycles. The molecule has 0 bridgehead atoms. The number of hydrogen-bond acceptors (Lipinski definition) is 5. The first kappa shape index (κ1) is 27.0. The topological polar surface area (TPSA) is 83.9 Å². The van der Waals surface area contributed by atoms with Crippen molar-refractivity contribution in [1.82, 2.24) is 19.7 Å². The maximum atomic E-state index is 13.3. The number of imide groups is 1. The van der Waals surface area contributed by atoms with E-state index in [2.05, 4.69) is 29.5 Å². The number of amides is 3. The Morgan fingerprint density at radius 2 is 1.76 bits per heavy atom. The van der Waals surface area contributed by atoms with Gasteiger partial charge >= 0.3 is 0 Å². The van der Waals surface area contributed by atoms with Crippen molar-refractivity contribution < 1.29 is 19.1 Å². The molecule has 0 saturated heterocycles. The number of rotatable bonds is 10. The van der Waals surface area contributed by atoms with Crippen molar-refractivity contribution in [2.45, 2.75) is 52.3 Å². The van der Waals surface area contributed by atoms with Gasteiger partial charge in [-0.3, -0.25) is 19.3 Å². The lowest BCUT2D eigenvalue weighted by Gasteiger charge is -2.17. The van der Waals surface area contributed by atoms with E-state index in [1.165, 1.54) is 11.9 Å². The highest BCUT2D eigenvalue weighted by Crippen LogP contribution is 2.40. The number of benzene rings is 2. The van der Waals surface area contributed by atoms with Gasteiger partial charge in [0.15, 0.2) is 0 Å². The molecule has 1 N–H and O–H groups in total. The Labute approximate surface area is 219 Å². The summed E-state index contributed by atoms with van der Waals surface area (Å²) in [7, 11) is 4.11. The number of ether oxygens (including phenoxy) is 1. The van der Waals surface area contributed by atoms with E-state index in [0.29, 0.717) is 43.0 Å². The molecule has 0 radical (unpaired) electrons. The molecule has 0 atom stereocenters. The lowest BCUT2D eigenvalue weighted by molar-refractivity contribution is -0.121. The third kappa shape index (κ3) is 5.21. The van der Waals surface area contributed by atoms with Gasteiger partial charge in [-0.2, -0.15) is 0 Å². The molecule has 2 heterocycles. The second-order valence-electron chi connectivity index (χ2n) is 11.4. The minimum atomic E-state index is -1.25. The molecule has 4 rings (SSSR count). The Kier molecular flexibility index (Phi) is 7.59. The quantitative estimate of drug-likeness (QED) is 0.245. The fraction of sp³-hybridized carbons (Fsp3) is 0.464. The van der Waals surface area contributed by atoms with Gasteiger partial charge in [0.05, 0.1) is 22.2 Å². The lowest BCUT2D eigenvalue weighted by atomic mass is 9.92. The summed E-state index contributed by atoms with van der Waals surface area (Å²) in [6.45, 7) is 10.7. The van der Waals surface area contributed by atoms with Crippen molar-refractivity contribution in [3.8, 4) is 0 Å². The first-order chi connectivity index (χ1) is 17.4. The highest BCUT2D eigenvalue weighted by molar-refractivity contribution is 6.76. The average Bonchev–Trinajstić information content (AvgIpc) is 3.28. The summed E-state index contributed by atoms with van der Waals surface area (Å²) in [5.41, 5.74) is 4.12. The zero-order valence-electron chi connectivity index (χ0n) is 23.0. The van der Waals surface area contributed by atoms with Gasteiger partial charge < -0.3 is 19.5 Å². The van der Waals surface area contributed by atoms with Crippen molar-refractivity contribution in [3.63, 3.8) is 0 Å². The summed E-state index contributed by atoms with van der Waals surface area (Å²) in [6.07, 6.45) is 0.351. The summed E-state index contributed by atoms with van der Waals surface area (Å²) < 4.78 is 8.28. The second-order valence-corrected chi connectivity index (χ2v) is 17.0. The molecule has 3 amide bonds. The minimum absolute atomic E-state index is 0.0975. The number of carbonyl (C=O) groups is 3. The van der Waals surface area contributed by atoms with E-state index in [0.717, 1.165) is 33.4 Å². The normalized spacial score (nSPS) is 13.9. The molecule has 0 unspecified atom stereocenters. The summed E-state index contributed by atoms with van der Waals surface area (Å²) >= 11 is 0. The Balaban J connectivity index is 1.87. The fourth-order valence-electron chi connectivity index (χ4n) is 4.96. The van der Waals surface area contributed by atoms with Crippen molar-refractivity contribution in [1.29, 1.82) is 0 Å². The lowest BCUT2D eigenvalue weighted by Crippen LogP contribution is -2.28. The molecule has 198 valence electrons. The number of aromatic nitrogens is 1. The minimum Gasteiger partial charge on any atom is -0.361 e. The fourth-order valence-corrected chi connectivity index (χ4v) is 5.71. The van der Waals surface area contributed by atoms with Gasteiger partial charge in [0, 0.05) is 52.0 Å². The maximum Gasteiger partial charge on any atom is 0.261 e. The predicted octanol–water partition coefficient (Wildman–Crippen LogP) is 4.21. The Morgan fingerprint density at radius 1 is 1.08 bits per heavy atom. The molecule has 8 nitrogen and oxygen atoms in total. The van der Waals surface area contributed by atoms with E-state index in [-0.39, 0.29) is 24.3 Å². The van der Waals surface area contributed by atoms with E-state index >= 15 is 0 Å². The van der Waals surface area contributed by atoms with Gasteiger partial charge in [0.1, 0.15) is 6.73 Å². The van der Waals surface area contributed by atoms with Gasteiger partial charge in [0.25, 0.3) is 11.8 Å². The number of carbonyl (C=O) groups excluding carboxylic acids is 3. The van der Waals surface area contributed by atoms with Crippen LogP contribution in [0.1, 0.15) is 38.3 Å². The molecule has 0 aliphatic carbocycles. The van der Waals surface area contributed by atoms with E-state index in [4.69, 9.17) is 4.74 Å². The Morgan fingerprint density at radius 3 is 2.43 bits per heavy atom.